The van der Waals surface area contributed by atoms with Crippen molar-refractivity contribution in [3.63, 3.8) is 0 Å². The lowest BCUT2D eigenvalue weighted by molar-refractivity contribution is -0.146. The SMILES string of the molecule is C=CCCN1CCN(c2ccc(C)c(Cl)c2)C(=O)C1=O. The highest BCUT2D eigenvalue weighted by Crippen LogP contribution is 2.24. The van der Waals surface area contributed by atoms with E-state index in [1.54, 1.807) is 17.0 Å². The summed E-state index contributed by atoms with van der Waals surface area (Å²) < 4.78 is 0. The number of benzene rings is 1. The first kappa shape index (κ1) is 14.6. The first-order valence-electron chi connectivity index (χ1n) is 6.52. The van der Waals surface area contributed by atoms with Crippen molar-refractivity contribution in [2.24, 2.45) is 0 Å². The number of carbonyl (C=O) groups is 2. The Bertz CT molecular complexity index is 557. The average Bonchev–Trinajstić information content (AvgIpc) is 2.44. The molecule has 0 saturated carbocycles. The number of halogens is 1. The molecular weight excluding hydrogens is 276 g/mol. The smallest absolute Gasteiger partial charge is 0.316 e. The molecule has 0 N–H and O–H groups in total. The monoisotopic (exact) mass is 292 g/mol. The van der Waals surface area contributed by atoms with Gasteiger partial charge in [-0.05, 0) is 31.0 Å². The van der Waals surface area contributed by atoms with Crippen molar-refractivity contribution < 1.29 is 9.59 Å². The molecule has 0 unspecified atom stereocenters. The molecule has 0 aromatic heterocycles. The van der Waals surface area contributed by atoms with Crippen LogP contribution in [0.25, 0.3) is 0 Å². The molecule has 0 bridgehead atoms. The van der Waals surface area contributed by atoms with Crippen molar-refractivity contribution in [3.05, 3.63) is 41.4 Å². The first-order valence-corrected chi connectivity index (χ1v) is 6.90. The predicted molar refractivity (Wildman–Crippen MR) is 79.9 cm³/mol. The van der Waals surface area contributed by atoms with Crippen molar-refractivity contribution in [1.29, 1.82) is 0 Å². The molecule has 0 aliphatic carbocycles. The molecular formula is C15H17ClN2O2. The molecule has 1 saturated heterocycles. The Morgan fingerprint density at radius 2 is 2.05 bits per heavy atom. The third-order valence-electron chi connectivity index (χ3n) is 3.38. The van der Waals surface area contributed by atoms with Crippen LogP contribution < -0.4 is 4.90 Å². The second-order valence-corrected chi connectivity index (χ2v) is 5.17. The Labute approximate surface area is 123 Å². The van der Waals surface area contributed by atoms with Crippen LogP contribution in [0, 0.1) is 6.92 Å². The van der Waals surface area contributed by atoms with E-state index in [1.807, 2.05) is 19.1 Å². The van der Waals surface area contributed by atoms with Crippen molar-refractivity contribution in [2.75, 3.05) is 24.5 Å². The van der Waals surface area contributed by atoms with Crippen LogP contribution in [0.15, 0.2) is 30.9 Å². The van der Waals surface area contributed by atoms with Crippen molar-refractivity contribution in [3.8, 4) is 0 Å². The summed E-state index contributed by atoms with van der Waals surface area (Å²) in [6.07, 6.45) is 2.43. The van der Waals surface area contributed by atoms with Gasteiger partial charge in [-0.15, -0.1) is 6.58 Å². The Balaban J connectivity index is 2.16. The van der Waals surface area contributed by atoms with Gasteiger partial charge in [-0.2, -0.15) is 0 Å². The summed E-state index contributed by atoms with van der Waals surface area (Å²) in [6, 6.07) is 5.38. The summed E-state index contributed by atoms with van der Waals surface area (Å²) in [7, 11) is 0. The second-order valence-electron chi connectivity index (χ2n) is 4.76. The minimum absolute atomic E-state index is 0.463. The van der Waals surface area contributed by atoms with Crippen molar-refractivity contribution in [1.82, 2.24) is 4.90 Å². The minimum atomic E-state index is -0.500. The fourth-order valence-corrected chi connectivity index (χ4v) is 2.31. The van der Waals surface area contributed by atoms with Crippen LogP contribution in [0.2, 0.25) is 5.02 Å². The maximum Gasteiger partial charge on any atom is 0.316 e. The van der Waals surface area contributed by atoms with Crippen LogP contribution in [0.3, 0.4) is 0 Å². The highest BCUT2D eigenvalue weighted by atomic mass is 35.5. The van der Waals surface area contributed by atoms with Gasteiger partial charge in [0.2, 0.25) is 0 Å². The predicted octanol–water partition coefficient (Wildman–Crippen LogP) is 2.40. The fourth-order valence-electron chi connectivity index (χ4n) is 2.13. The van der Waals surface area contributed by atoms with E-state index in [0.29, 0.717) is 36.8 Å². The van der Waals surface area contributed by atoms with Crippen molar-refractivity contribution >= 4 is 29.1 Å². The first-order chi connectivity index (χ1) is 9.54. The third kappa shape index (κ3) is 2.85. The van der Waals surface area contributed by atoms with Gasteiger partial charge in [0.25, 0.3) is 0 Å². The zero-order chi connectivity index (χ0) is 14.7. The highest BCUT2D eigenvalue weighted by Gasteiger charge is 2.32. The van der Waals surface area contributed by atoms with Crippen LogP contribution in [-0.4, -0.2) is 36.3 Å². The van der Waals surface area contributed by atoms with E-state index in [9.17, 15) is 9.59 Å². The zero-order valence-corrected chi connectivity index (χ0v) is 12.2. The zero-order valence-electron chi connectivity index (χ0n) is 11.4. The molecule has 106 valence electrons. The van der Waals surface area contributed by atoms with Gasteiger partial charge in [0, 0.05) is 30.3 Å². The molecule has 1 aliphatic heterocycles. The number of hydrogen-bond acceptors (Lipinski definition) is 2. The van der Waals surface area contributed by atoms with Crippen LogP contribution in [0.1, 0.15) is 12.0 Å². The Kier molecular flexibility index (Phi) is 4.45. The molecule has 0 atom stereocenters. The quantitative estimate of drug-likeness (QED) is 0.631. The molecule has 1 fully saturated rings. The second kappa shape index (κ2) is 6.09. The number of piperazine rings is 1. The summed E-state index contributed by atoms with van der Waals surface area (Å²) in [5.74, 6) is -0.963. The molecule has 5 heteroatoms. The number of hydrogen-bond donors (Lipinski definition) is 0. The van der Waals surface area contributed by atoms with Gasteiger partial charge in [0.15, 0.2) is 0 Å². The van der Waals surface area contributed by atoms with E-state index in [1.165, 1.54) is 4.90 Å². The summed E-state index contributed by atoms with van der Waals surface area (Å²) in [4.78, 5) is 27.2. The van der Waals surface area contributed by atoms with Gasteiger partial charge < -0.3 is 9.80 Å². The van der Waals surface area contributed by atoms with Crippen LogP contribution in [0.4, 0.5) is 5.69 Å². The van der Waals surface area contributed by atoms with E-state index in [0.717, 1.165) is 5.56 Å². The minimum Gasteiger partial charge on any atom is -0.332 e. The lowest BCUT2D eigenvalue weighted by atomic mass is 10.2. The summed E-state index contributed by atoms with van der Waals surface area (Å²) >= 11 is 6.07. The van der Waals surface area contributed by atoms with Crippen LogP contribution in [0.5, 0.6) is 0 Å². The van der Waals surface area contributed by atoms with E-state index in [-0.39, 0.29) is 0 Å². The molecule has 1 aliphatic rings. The van der Waals surface area contributed by atoms with Gasteiger partial charge in [-0.3, -0.25) is 9.59 Å². The lowest BCUT2D eigenvalue weighted by Gasteiger charge is -2.33. The van der Waals surface area contributed by atoms with Gasteiger partial charge in [0.05, 0.1) is 0 Å². The van der Waals surface area contributed by atoms with Crippen molar-refractivity contribution in [2.45, 2.75) is 13.3 Å². The number of anilines is 1. The maximum atomic E-state index is 12.2. The molecule has 1 aromatic carbocycles. The van der Waals surface area contributed by atoms with E-state index in [4.69, 9.17) is 11.6 Å². The summed E-state index contributed by atoms with van der Waals surface area (Å²) in [5.41, 5.74) is 1.61. The molecule has 20 heavy (non-hydrogen) atoms. The highest BCUT2D eigenvalue weighted by molar-refractivity contribution is 6.41. The largest absolute Gasteiger partial charge is 0.332 e. The molecule has 0 radical (unpaired) electrons. The van der Waals surface area contributed by atoms with Gasteiger partial charge in [-0.25, -0.2) is 0 Å². The standard InChI is InChI=1S/C15H17ClN2O2/c1-3-4-7-17-8-9-18(15(20)14(17)19)12-6-5-11(2)13(16)10-12/h3,5-6,10H,1,4,7-9H2,2H3. The number of nitrogens with zero attached hydrogens (tertiary/aromatic N) is 2. The van der Waals surface area contributed by atoms with E-state index < -0.39 is 11.8 Å². The summed E-state index contributed by atoms with van der Waals surface area (Å²) in [6.45, 7) is 7.07. The third-order valence-corrected chi connectivity index (χ3v) is 3.79. The maximum absolute atomic E-state index is 12.2. The average molecular weight is 293 g/mol. The molecule has 2 rings (SSSR count). The number of amides is 2. The lowest BCUT2D eigenvalue weighted by Crippen LogP contribution is -2.54. The van der Waals surface area contributed by atoms with E-state index in [2.05, 4.69) is 6.58 Å². The van der Waals surface area contributed by atoms with Gasteiger partial charge in [-0.1, -0.05) is 23.7 Å². The van der Waals surface area contributed by atoms with Crippen LogP contribution >= 0.6 is 11.6 Å². The van der Waals surface area contributed by atoms with E-state index >= 15 is 0 Å². The molecule has 2 amide bonds. The number of rotatable bonds is 4. The Hall–Kier alpha value is -1.81. The molecule has 4 nitrogen and oxygen atoms in total. The fraction of sp³-hybridized carbons (Fsp3) is 0.333. The Morgan fingerprint density at radius 1 is 1.30 bits per heavy atom. The normalized spacial score (nSPS) is 15.7. The van der Waals surface area contributed by atoms with Gasteiger partial charge >= 0.3 is 11.8 Å². The van der Waals surface area contributed by atoms with Crippen LogP contribution in [-0.2, 0) is 9.59 Å². The van der Waals surface area contributed by atoms with Gasteiger partial charge in [0.1, 0.15) is 0 Å². The summed E-state index contributed by atoms with van der Waals surface area (Å²) in [5, 5.41) is 0.594. The molecule has 0 spiro atoms. The molecule has 1 aromatic rings. The Morgan fingerprint density at radius 3 is 2.70 bits per heavy atom. The molecule has 1 heterocycles. The topological polar surface area (TPSA) is 40.6 Å². The number of aryl methyl sites for hydroxylation is 1. The number of carbonyl (C=O) groups excluding carboxylic acids is 2.